The largest absolute Gasteiger partial charge is 0.368 e. The highest BCUT2D eigenvalue weighted by molar-refractivity contribution is 9.10. The third-order valence-electron chi connectivity index (χ3n) is 3.09. The Bertz CT molecular complexity index is 559. The highest BCUT2D eigenvalue weighted by atomic mass is 79.9. The molecule has 1 saturated heterocycles. The predicted molar refractivity (Wildman–Crippen MR) is 74.9 cm³/mol. The first-order chi connectivity index (χ1) is 8.75. The molecule has 94 valence electrons. The molecule has 0 amide bonds. The lowest BCUT2D eigenvalue weighted by Crippen LogP contribution is -2.19. The predicted octanol–water partition coefficient (Wildman–Crippen LogP) is 2.21. The summed E-state index contributed by atoms with van der Waals surface area (Å²) in [5.74, 6) is 1.14. The average Bonchev–Trinajstić information content (AvgIpc) is 2.99. The van der Waals surface area contributed by atoms with Gasteiger partial charge in [-0.1, -0.05) is 12.1 Å². The first-order valence-corrected chi connectivity index (χ1v) is 6.77. The van der Waals surface area contributed by atoms with Gasteiger partial charge in [-0.05, 0) is 40.9 Å². The molecule has 2 heterocycles. The number of nitrogens with two attached hydrogens (primary N) is 1. The van der Waals surface area contributed by atoms with Crippen molar-refractivity contribution in [3.8, 4) is 5.69 Å². The summed E-state index contributed by atoms with van der Waals surface area (Å²) in [5.41, 5.74) is 6.86. The van der Waals surface area contributed by atoms with E-state index in [1.807, 2.05) is 24.3 Å². The van der Waals surface area contributed by atoms with Crippen molar-refractivity contribution in [3.05, 3.63) is 28.7 Å². The highest BCUT2D eigenvalue weighted by Crippen LogP contribution is 2.24. The van der Waals surface area contributed by atoms with Crippen molar-refractivity contribution in [2.75, 3.05) is 23.7 Å². The van der Waals surface area contributed by atoms with E-state index in [9.17, 15) is 0 Å². The number of para-hydroxylation sites is 1. The molecule has 1 fully saturated rings. The Hall–Kier alpha value is -1.56. The van der Waals surface area contributed by atoms with Crippen molar-refractivity contribution in [1.29, 1.82) is 0 Å². The van der Waals surface area contributed by atoms with Crippen LogP contribution in [0.5, 0.6) is 0 Å². The van der Waals surface area contributed by atoms with Crippen LogP contribution in [0.1, 0.15) is 12.8 Å². The number of hydrogen-bond acceptors (Lipinski definition) is 4. The van der Waals surface area contributed by atoms with E-state index in [0.29, 0.717) is 5.95 Å². The van der Waals surface area contributed by atoms with Gasteiger partial charge >= 0.3 is 0 Å². The molecule has 1 aliphatic heterocycles. The van der Waals surface area contributed by atoms with E-state index in [1.54, 1.807) is 4.68 Å². The van der Waals surface area contributed by atoms with Crippen molar-refractivity contribution in [3.63, 3.8) is 0 Å². The number of nitrogens with zero attached hydrogens (tertiary/aromatic N) is 4. The van der Waals surface area contributed by atoms with E-state index >= 15 is 0 Å². The molecule has 2 aromatic rings. The maximum absolute atomic E-state index is 5.95. The molecular formula is C12H14BrN5. The van der Waals surface area contributed by atoms with Gasteiger partial charge in [0.25, 0.3) is 0 Å². The van der Waals surface area contributed by atoms with Gasteiger partial charge in [-0.2, -0.15) is 9.67 Å². The Labute approximate surface area is 114 Å². The summed E-state index contributed by atoms with van der Waals surface area (Å²) < 4.78 is 2.63. The topological polar surface area (TPSA) is 60.0 Å². The fraction of sp³-hybridized carbons (Fsp3) is 0.333. The van der Waals surface area contributed by atoms with E-state index < -0.39 is 0 Å². The number of nitrogen functional groups attached to an aromatic ring is 1. The Kier molecular flexibility index (Phi) is 2.95. The summed E-state index contributed by atoms with van der Waals surface area (Å²) in [5, 5.41) is 4.50. The van der Waals surface area contributed by atoms with Crippen molar-refractivity contribution in [2.45, 2.75) is 12.8 Å². The third kappa shape index (κ3) is 1.96. The number of halogens is 1. The Morgan fingerprint density at radius 3 is 2.61 bits per heavy atom. The zero-order valence-electron chi connectivity index (χ0n) is 9.88. The van der Waals surface area contributed by atoms with Crippen LogP contribution in [0.15, 0.2) is 28.7 Å². The molecule has 18 heavy (non-hydrogen) atoms. The second-order valence-electron chi connectivity index (χ2n) is 4.33. The van der Waals surface area contributed by atoms with Gasteiger partial charge in [-0.15, -0.1) is 5.10 Å². The second kappa shape index (κ2) is 4.61. The van der Waals surface area contributed by atoms with Crippen LogP contribution in [0.2, 0.25) is 0 Å². The van der Waals surface area contributed by atoms with Crippen molar-refractivity contribution >= 4 is 27.8 Å². The van der Waals surface area contributed by atoms with Gasteiger partial charge in [0.05, 0.1) is 5.69 Å². The minimum atomic E-state index is 0.420. The molecule has 0 saturated carbocycles. The molecular weight excluding hydrogens is 294 g/mol. The van der Waals surface area contributed by atoms with Crippen LogP contribution in [-0.4, -0.2) is 27.9 Å². The van der Waals surface area contributed by atoms with Gasteiger partial charge in [0.15, 0.2) is 0 Å². The molecule has 0 aliphatic carbocycles. The zero-order chi connectivity index (χ0) is 12.5. The average molecular weight is 308 g/mol. The van der Waals surface area contributed by atoms with Crippen molar-refractivity contribution < 1.29 is 0 Å². The number of hydrogen-bond donors (Lipinski definition) is 1. The fourth-order valence-electron chi connectivity index (χ4n) is 2.16. The summed E-state index contributed by atoms with van der Waals surface area (Å²) in [7, 11) is 0. The third-order valence-corrected chi connectivity index (χ3v) is 3.76. The van der Waals surface area contributed by atoms with Crippen LogP contribution in [0.25, 0.3) is 5.69 Å². The van der Waals surface area contributed by atoms with Gasteiger partial charge in [0, 0.05) is 17.6 Å². The first kappa shape index (κ1) is 11.5. The summed E-state index contributed by atoms with van der Waals surface area (Å²) in [6.45, 7) is 2.03. The quantitative estimate of drug-likeness (QED) is 0.924. The van der Waals surface area contributed by atoms with Gasteiger partial charge in [0.1, 0.15) is 0 Å². The van der Waals surface area contributed by atoms with Gasteiger partial charge in [-0.25, -0.2) is 0 Å². The molecule has 0 bridgehead atoms. The highest BCUT2D eigenvalue weighted by Gasteiger charge is 2.19. The number of rotatable bonds is 2. The molecule has 5 nitrogen and oxygen atoms in total. The van der Waals surface area contributed by atoms with E-state index in [-0.39, 0.29) is 0 Å². The molecule has 6 heteroatoms. The van der Waals surface area contributed by atoms with Crippen LogP contribution in [0.3, 0.4) is 0 Å². The molecule has 1 aromatic heterocycles. The van der Waals surface area contributed by atoms with Crippen LogP contribution >= 0.6 is 15.9 Å². The summed E-state index contributed by atoms with van der Waals surface area (Å²) in [6.07, 6.45) is 2.40. The summed E-state index contributed by atoms with van der Waals surface area (Å²) in [4.78, 5) is 6.52. The Balaban J connectivity index is 2.00. The first-order valence-electron chi connectivity index (χ1n) is 5.98. The molecule has 0 atom stereocenters. The molecule has 1 aromatic carbocycles. The lowest BCUT2D eigenvalue weighted by Gasteiger charge is -2.11. The minimum Gasteiger partial charge on any atom is -0.368 e. The smallest absolute Gasteiger partial charge is 0.246 e. The second-order valence-corrected chi connectivity index (χ2v) is 5.18. The Morgan fingerprint density at radius 1 is 1.17 bits per heavy atom. The van der Waals surface area contributed by atoms with E-state index in [0.717, 1.165) is 29.2 Å². The number of benzene rings is 1. The molecule has 0 radical (unpaired) electrons. The molecule has 3 rings (SSSR count). The monoisotopic (exact) mass is 307 g/mol. The summed E-state index contributed by atoms with van der Waals surface area (Å²) in [6, 6.07) is 7.84. The Morgan fingerprint density at radius 2 is 1.89 bits per heavy atom. The van der Waals surface area contributed by atoms with E-state index in [4.69, 9.17) is 5.73 Å². The lowest BCUT2D eigenvalue weighted by atomic mass is 10.3. The van der Waals surface area contributed by atoms with Crippen LogP contribution < -0.4 is 10.6 Å². The number of anilines is 2. The van der Waals surface area contributed by atoms with E-state index in [1.165, 1.54) is 12.8 Å². The molecule has 0 spiro atoms. The van der Waals surface area contributed by atoms with Gasteiger partial charge in [-0.3, -0.25) is 0 Å². The lowest BCUT2D eigenvalue weighted by molar-refractivity contribution is 0.845. The molecule has 0 unspecified atom stereocenters. The molecule has 2 N–H and O–H groups in total. The van der Waals surface area contributed by atoms with Crippen molar-refractivity contribution in [1.82, 2.24) is 14.8 Å². The maximum atomic E-state index is 5.95. The van der Waals surface area contributed by atoms with Crippen LogP contribution in [0.4, 0.5) is 11.9 Å². The standard InChI is InChI=1S/C12H14BrN5/c13-9-5-1-2-6-10(9)18-11(14)15-12(16-18)17-7-3-4-8-17/h1-2,5-6H,3-4,7-8H2,(H2,14,15,16). The SMILES string of the molecule is Nc1nc(N2CCCC2)nn1-c1ccccc1Br. The number of aromatic nitrogens is 3. The summed E-state index contributed by atoms with van der Waals surface area (Å²) >= 11 is 3.50. The van der Waals surface area contributed by atoms with E-state index in [2.05, 4.69) is 30.9 Å². The van der Waals surface area contributed by atoms with Crippen LogP contribution in [-0.2, 0) is 0 Å². The maximum Gasteiger partial charge on any atom is 0.246 e. The zero-order valence-corrected chi connectivity index (χ0v) is 11.5. The van der Waals surface area contributed by atoms with Crippen LogP contribution in [0, 0.1) is 0 Å². The fourth-order valence-corrected chi connectivity index (χ4v) is 2.62. The van der Waals surface area contributed by atoms with Gasteiger partial charge < -0.3 is 10.6 Å². The molecule has 1 aliphatic rings. The minimum absolute atomic E-state index is 0.420. The van der Waals surface area contributed by atoms with Gasteiger partial charge in [0.2, 0.25) is 11.9 Å². The van der Waals surface area contributed by atoms with Crippen molar-refractivity contribution in [2.24, 2.45) is 0 Å². The normalized spacial score (nSPS) is 15.3.